The van der Waals surface area contributed by atoms with Crippen LogP contribution in [0.1, 0.15) is 51.5 Å². The predicted octanol–water partition coefficient (Wildman–Crippen LogP) is 3.51. The van der Waals surface area contributed by atoms with Gasteiger partial charge >= 0.3 is 0 Å². The number of hydrogen-bond acceptors (Lipinski definition) is 5. The third kappa shape index (κ3) is 4.95. The molecule has 0 saturated carbocycles. The standard InChI is InChI=1S/C19H25N3O3S/c1-14-13-16(21-18(23)15-7-5-12-25-15)26-17(14)19(24)20-8-6-11-22-9-3-2-4-10-22/h5,7,12-13H,2-4,6,8-11H2,1H3,(H,20,24)(H,21,23). The lowest BCUT2D eigenvalue weighted by atomic mass is 10.1. The Hall–Kier alpha value is -2.12. The fourth-order valence-corrected chi connectivity index (χ4v) is 4.10. The number of likely N-dealkylation sites (tertiary alicyclic amines) is 1. The number of thiophene rings is 1. The Morgan fingerprint density at radius 3 is 2.77 bits per heavy atom. The van der Waals surface area contributed by atoms with E-state index in [0.29, 0.717) is 16.4 Å². The summed E-state index contributed by atoms with van der Waals surface area (Å²) in [7, 11) is 0. The lowest BCUT2D eigenvalue weighted by Crippen LogP contribution is -2.33. The van der Waals surface area contributed by atoms with Crippen LogP contribution < -0.4 is 10.6 Å². The highest BCUT2D eigenvalue weighted by Gasteiger charge is 2.16. The minimum Gasteiger partial charge on any atom is -0.459 e. The molecule has 2 aromatic rings. The lowest BCUT2D eigenvalue weighted by Gasteiger charge is -2.26. The Labute approximate surface area is 157 Å². The first kappa shape index (κ1) is 18.7. The SMILES string of the molecule is Cc1cc(NC(=O)c2ccco2)sc1C(=O)NCCCN1CCCCC1. The maximum absolute atomic E-state index is 12.4. The molecule has 2 N–H and O–H groups in total. The van der Waals surface area contributed by atoms with E-state index in [1.54, 1.807) is 12.1 Å². The second kappa shape index (κ2) is 9.00. The van der Waals surface area contributed by atoms with Gasteiger partial charge in [-0.3, -0.25) is 9.59 Å². The number of furan rings is 1. The summed E-state index contributed by atoms with van der Waals surface area (Å²) in [6.45, 7) is 5.93. The fraction of sp³-hybridized carbons (Fsp3) is 0.474. The van der Waals surface area contributed by atoms with Crippen LogP contribution in [0.2, 0.25) is 0 Å². The van der Waals surface area contributed by atoms with Crippen molar-refractivity contribution in [2.75, 3.05) is 31.5 Å². The van der Waals surface area contributed by atoms with Crippen molar-refractivity contribution >= 4 is 28.2 Å². The van der Waals surface area contributed by atoms with Crippen LogP contribution in [0.3, 0.4) is 0 Å². The van der Waals surface area contributed by atoms with E-state index in [0.717, 1.165) is 18.5 Å². The Morgan fingerprint density at radius 1 is 1.23 bits per heavy atom. The molecule has 3 rings (SSSR count). The molecular formula is C19H25N3O3S. The van der Waals surface area contributed by atoms with Crippen molar-refractivity contribution in [1.82, 2.24) is 10.2 Å². The summed E-state index contributed by atoms with van der Waals surface area (Å²) in [5.74, 6) is -0.144. The molecule has 1 fully saturated rings. The zero-order valence-corrected chi connectivity index (χ0v) is 15.9. The number of aryl methyl sites for hydroxylation is 1. The van der Waals surface area contributed by atoms with Crippen LogP contribution in [0.15, 0.2) is 28.9 Å². The van der Waals surface area contributed by atoms with Gasteiger partial charge in [0, 0.05) is 6.54 Å². The summed E-state index contributed by atoms with van der Waals surface area (Å²) < 4.78 is 5.08. The van der Waals surface area contributed by atoms with E-state index >= 15 is 0 Å². The first-order valence-electron chi connectivity index (χ1n) is 9.09. The average molecular weight is 375 g/mol. The molecule has 7 heteroatoms. The fourth-order valence-electron chi connectivity index (χ4n) is 3.12. The summed E-state index contributed by atoms with van der Waals surface area (Å²) in [5, 5.41) is 6.40. The third-order valence-electron chi connectivity index (χ3n) is 4.49. The molecule has 0 spiro atoms. The minimum atomic E-state index is -0.315. The van der Waals surface area contributed by atoms with Crippen molar-refractivity contribution in [3.63, 3.8) is 0 Å². The highest BCUT2D eigenvalue weighted by Crippen LogP contribution is 2.27. The summed E-state index contributed by atoms with van der Waals surface area (Å²) in [5.41, 5.74) is 0.860. The molecular weight excluding hydrogens is 350 g/mol. The molecule has 1 saturated heterocycles. The quantitative estimate of drug-likeness (QED) is 0.726. The molecule has 0 bridgehead atoms. The van der Waals surface area contributed by atoms with Crippen molar-refractivity contribution in [2.45, 2.75) is 32.6 Å². The number of nitrogens with zero attached hydrogens (tertiary/aromatic N) is 1. The van der Waals surface area contributed by atoms with Gasteiger partial charge < -0.3 is 20.0 Å². The van der Waals surface area contributed by atoms with E-state index in [1.165, 1.54) is 50.0 Å². The van der Waals surface area contributed by atoms with E-state index in [1.807, 2.05) is 13.0 Å². The van der Waals surface area contributed by atoms with E-state index in [9.17, 15) is 9.59 Å². The molecule has 6 nitrogen and oxygen atoms in total. The molecule has 26 heavy (non-hydrogen) atoms. The molecule has 0 aromatic carbocycles. The average Bonchev–Trinajstić information content (AvgIpc) is 3.29. The Morgan fingerprint density at radius 2 is 2.04 bits per heavy atom. The number of carbonyl (C=O) groups excluding carboxylic acids is 2. The van der Waals surface area contributed by atoms with Crippen LogP contribution in [-0.2, 0) is 0 Å². The normalized spacial score (nSPS) is 15.0. The third-order valence-corrected chi connectivity index (χ3v) is 5.64. The number of piperidine rings is 1. The van der Waals surface area contributed by atoms with Gasteiger partial charge in [-0.15, -0.1) is 11.3 Å². The van der Waals surface area contributed by atoms with Crippen molar-refractivity contribution in [2.24, 2.45) is 0 Å². The maximum atomic E-state index is 12.4. The molecule has 0 aliphatic carbocycles. The molecule has 0 radical (unpaired) electrons. The molecule has 0 atom stereocenters. The van der Waals surface area contributed by atoms with Crippen molar-refractivity contribution in [3.05, 3.63) is 40.7 Å². The van der Waals surface area contributed by atoms with Crippen LogP contribution in [0.4, 0.5) is 5.00 Å². The largest absolute Gasteiger partial charge is 0.459 e. The number of anilines is 1. The molecule has 140 valence electrons. The Kier molecular flexibility index (Phi) is 6.46. The highest BCUT2D eigenvalue weighted by atomic mass is 32.1. The van der Waals surface area contributed by atoms with Gasteiger partial charge in [-0.05, 0) is 69.6 Å². The first-order valence-corrected chi connectivity index (χ1v) is 9.91. The van der Waals surface area contributed by atoms with Gasteiger partial charge in [0.05, 0.1) is 16.1 Å². The van der Waals surface area contributed by atoms with Crippen LogP contribution in [0, 0.1) is 6.92 Å². The van der Waals surface area contributed by atoms with E-state index < -0.39 is 0 Å². The van der Waals surface area contributed by atoms with Gasteiger partial charge in [-0.2, -0.15) is 0 Å². The molecule has 1 aliphatic rings. The number of amides is 2. The van der Waals surface area contributed by atoms with Gasteiger partial charge in [0.1, 0.15) is 0 Å². The number of nitrogens with one attached hydrogen (secondary N) is 2. The van der Waals surface area contributed by atoms with E-state index in [2.05, 4.69) is 15.5 Å². The van der Waals surface area contributed by atoms with E-state index in [4.69, 9.17) is 4.42 Å². The second-order valence-corrected chi connectivity index (χ2v) is 7.62. The highest BCUT2D eigenvalue weighted by molar-refractivity contribution is 7.18. The number of hydrogen-bond donors (Lipinski definition) is 2. The smallest absolute Gasteiger partial charge is 0.291 e. The topological polar surface area (TPSA) is 74.6 Å². The molecule has 0 unspecified atom stereocenters. The molecule has 2 aromatic heterocycles. The van der Waals surface area contributed by atoms with Crippen molar-refractivity contribution in [1.29, 1.82) is 0 Å². The zero-order chi connectivity index (χ0) is 18.4. The van der Waals surface area contributed by atoms with Gasteiger partial charge in [-0.25, -0.2) is 0 Å². The van der Waals surface area contributed by atoms with Crippen molar-refractivity contribution in [3.8, 4) is 0 Å². The summed E-state index contributed by atoms with van der Waals surface area (Å²) in [4.78, 5) is 27.5. The van der Waals surface area contributed by atoms with Crippen LogP contribution in [0.5, 0.6) is 0 Å². The van der Waals surface area contributed by atoms with Crippen LogP contribution in [0.25, 0.3) is 0 Å². The summed E-state index contributed by atoms with van der Waals surface area (Å²) >= 11 is 1.28. The first-order chi connectivity index (χ1) is 12.6. The van der Waals surface area contributed by atoms with Gasteiger partial charge in [0.15, 0.2) is 5.76 Å². The summed E-state index contributed by atoms with van der Waals surface area (Å²) in [6.07, 6.45) is 6.32. The molecule has 3 heterocycles. The van der Waals surface area contributed by atoms with Gasteiger partial charge in [0.2, 0.25) is 0 Å². The monoisotopic (exact) mass is 375 g/mol. The van der Waals surface area contributed by atoms with Crippen LogP contribution in [-0.4, -0.2) is 42.9 Å². The Bertz CT molecular complexity index is 733. The minimum absolute atomic E-state index is 0.0790. The van der Waals surface area contributed by atoms with Gasteiger partial charge in [0.25, 0.3) is 11.8 Å². The number of rotatable bonds is 7. The summed E-state index contributed by atoms with van der Waals surface area (Å²) in [6, 6.07) is 5.08. The van der Waals surface area contributed by atoms with E-state index in [-0.39, 0.29) is 17.6 Å². The maximum Gasteiger partial charge on any atom is 0.291 e. The number of carbonyl (C=O) groups is 2. The zero-order valence-electron chi connectivity index (χ0n) is 15.0. The lowest BCUT2D eigenvalue weighted by molar-refractivity contribution is 0.0953. The second-order valence-electron chi connectivity index (χ2n) is 6.57. The molecule has 2 amide bonds. The van der Waals surface area contributed by atoms with Gasteiger partial charge in [-0.1, -0.05) is 6.42 Å². The van der Waals surface area contributed by atoms with Crippen molar-refractivity contribution < 1.29 is 14.0 Å². The van der Waals surface area contributed by atoms with Crippen LogP contribution >= 0.6 is 11.3 Å². The Balaban J connectivity index is 1.46. The molecule has 1 aliphatic heterocycles. The predicted molar refractivity (Wildman–Crippen MR) is 103 cm³/mol.